The van der Waals surface area contributed by atoms with Crippen LogP contribution in [0.4, 0.5) is 0 Å². The standard InChI is InChI=1S/C11H23NO2/c1-9(13)10(2,3)7-12-6-5-11(4,14)8-12/h9,13-14H,5-8H2,1-4H3. The Morgan fingerprint density at radius 1 is 1.50 bits per heavy atom. The molecule has 0 spiro atoms. The van der Waals surface area contributed by atoms with Gasteiger partial charge in [-0.25, -0.2) is 0 Å². The average molecular weight is 201 g/mol. The van der Waals surface area contributed by atoms with Gasteiger partial charge in [-0.3, -0.25) is 4.90 Å². The van der Waals surface area contributed by atoms with Crippen LogP contribution in [0.1, 0.15) is 34.1 Å². The van der Waals surface area contributed by atoms with Gasteiger partial charge >= 0.3 is 0 Å². The number of aliphatic hydroxyl groups is 2. The SMILES string of the molecule is CC(O)C(C)(C)CN1CCC(C)(O)C1. The fraction of sp³-hybridized carbons (Fsp3) is 1.00. The van der Waals surface area contributed by atoms with E-state index in [1.807, 2.05) is 13.8 Å². The molecule has 0 aromatic carbocycles. The Morgan fingerprint density at radius 2 is 2.07 bits per heavy atom. The molecule has 2 unspecified atom stereocenters. The maximum absolute atomic E-state index is 9.80. The minimum atomic E-state index is -0.533. The molecule has 1 aliphatic rings. The second-order valence-corrected chi connectivity index (χ2v) is 5.62. The van der Waals surface area contributed by atoms with Gasteiger partial charge in [-0.15, -0.1) is 0 Å². The molecular weight excluding hydrogens is 178 g/mol. The van der Waals surface area contributed by atoms with Crippen molar-refractivity contribution in [3.05, 3.63) is 0 Å². The Morgan fingerprint density at radius 3 is 2.43 bits per heavy atom. The van der Waals surface area contributed by atoms with E-state index in [9.17, 15) is 10.2 Å². The number of hydrogen-bond acceptors (Lipinski definition) is 3. The van der Waals surface area contributed by atoms with Gasteiger partial charge in [0.05, 0.1) is 11.7 Å². The van der Waals surface area contributed by atoms with Crippen molar-refractivity contribution < 1.29 is 10.2 Å². The summed E-state index contributed by atoms with van der Waals surface area (Å²) in [5.41, 5.74) is -0.630. The predicted octanol–water partition coefficient (Wildman–Crippen LogP) is 0.850. The highest BCUT2D eigenvalue weighted by Gasteiger charge is 2.35. The Kier molecular flexibility index (Phi) is 3.24. The highest BCUT2D eigenvalue weighted by molar-refractivity contribution is 4.89. The first-order chi connectivity index (χ1) is 6.23. The summed E-state index contributed by atoms with van der Waals surface area (Å²) >= 11 is 0. The van der Waals surface area contributed by atoms with Crippen LogP contribution in [0, 0.1) is 5.41 Å². The predicted molar refractivity (Wildman–Crippen MR) is 57.1 cm³/mol. The van der Waals surface area contributed by atoms with Gasteiger partial charge < -0.3 is 10.2 Å². The zero-order valence-electron chi connectivity index (χ0n) is 9.75. The van der Waals surface area contributed by atoms with Crippen LogP contribution >= 0.6 is 0 Å². The van der Waals surface area contributed by atoms with E-state index in [-0.39, 0.29) is 11.5 Å². The van der Waals surface area contributed by atoms with Crippen molar-refractivity contribution in [2.75, 3.05) is 19.6 Å². The van der Waals surface area contributed by atoms with Gasteiger partial charge in [0.1, 0.15) is 0 Å². The van der Waals surface area contributed by atoms with Crippen LogP contribution in [-0.4, -0.2) is 46.5 Å². The topological polar surface area (TPSA) is 43.7 Å². The summed E-state index contributed by atoms with van der Waals surface area (Å²) in [6.07, 6.45) is 0.524. The molecule has 1 rings (SSSR count). The highest BCUT2D eigenvalue weighted by atomic mass is 16.3. The fourth-order valence-electron chi connectivity index (χ4n) is 1.88. The molecule has 84 valence electrons. The van der Waals surface area contributed by atoms with Crippen molar-refractivity contribution in [2.45, 2.75) is 45.8 Å². The summed E-state index contributed by atoms with van der Waals surface area (Å²) in [4.78, 5) is 2.23. The summed E-state index contributed by atoms with van der Waals surface area (Å²) in [5, 5.41) is 19.4. The third-order valence-corrected chi connectivity index (χ3v) is 3.29. The molecule has 0 bridgehead atoms. The van der Waals surface area contributed by atoms with Crippen LogP contribution in [0.2, 0.25) is 0 Å². The van der Waals surface area contributed by atoms with Crippen molar-refractivity contribution in [3.8, 4) is 0 Å². The van der Waals surface area contributed by atoms with Gasteiger partial charge in [-0.2, -0.15) is 0 Å². The first-order valence-corrected chi connectivity index (χ1v) is 5.36. The summed E-state index contributed by atoms with van der Waals surface area (Å²) < 4.78 is 0. The van der Waals surface area contributed by atoms with Crippen molar-refractivity contribution >= 4 is 0 Å². The molecule has 1 saturated heterocycles. The zero-order chi connectivity index (χ0) is 11.0. The highest BCUT2D eigenvalue weighted by Crippen LogP contribution is 2.27. The molecule has 2 atom stereocenters. The van der Waals surface area contributed by atoms with Gasteiger partial charge in [0, 0.05) is 25.0 Å². The largest absolute Gasteiger partial charge is 0.393 e. The van der Waals surface area contributed by atoms with E-state index in [1.165, 1.54) is 0 Å². The van der Waals surface area contributed by atoms with E-state index in [2.05, 4.69) is 18.7 Å². The maximum atomic E-state index is 9.80. The molecule has 3 nitrogen and oxygen atoms in total. The molecule has 0 aliphatic carbocycles. The maximum Gasteiger partial charge on any atom is 0.0758 e. The lowest BCUT2D eigenvalue weighted by Crippen LogP contribution is -2.41. The summed E-state index contributed by atoms with van der Waals surface area (Å²) in [5.74, 6) is 0. The van der Waals surface area contributed by atoms with Gasteiger partial charge in [0.25, 0.3) is 0 Å². The number of likely N-dealkylation sites (tertiary alicyclic amines) is 1. The number of hydrogen-bond donors (Lipinski definition) is 2. The Balaban J connectivity index is 2.47. The molecule has 3 heteroatoms. The molecule has 0 saturated carbocycles. The summed E-state index contributed by atoms with van der Waals surface area (Å²) in [6.45, 7) is 10.3. The van der Waals surface area contributed by atoms with E-state index in [4.69, 9.17) is 0 Å². The van der Waals surface area contributed by atoms with Gasteiger partial charge in [0.2, 0.25) is 0 Å². The van der Waals surface area contributed by atoms with Gasteiger partial charge in [0.15, 0.2) is 0 Å². The van der Waals surface area contributed by atoms with E-state index in [0.717, 1.165) is 26.1 Å². The van der Waals surface area contributed by atoms with E-state index >= 15 is 0 Å². The van der Waals surface area contributed by atoms with Crippen LogP contribution in [0.25, 0.3) is 0 Å². The van der Waals surface area contributed by atoms with Crippen molar-refractivity contribution in [2.24, 2.45) is 5.41 Å². The molecule has 1 fully saturated rings. The van der Waals surface area contributed by atoms with E-state index in [0.29, 0.717) is 0 Å². The first kappa shape index (κ1) is 12.0. The van der Waals surface area contributed by atoms with Crippen molar-refractivity contribution in [1.82, 2.24) is 4.90 Å². The number of rotatable bonds is 3. The van der Waals surface area contributed by atoms with Crippen LogP contribution in [-0.2, 0) is 0 Å². The summed E-state index contributed by atoms with van der Waals surface area (Å²) in [7, 11) is 0. The molecule has 0 amide bonds. The first-order valence-electron chi connectivity index (χ1n) is 5.36. The van der Waals surface area contributed by atoms with Crippen LogP contribution in [0.3, 0.4) is 0 Å². The fourth-order valence-corrected chi connectivity index (χ4v) is 1.88. The lowest BCUT2D eigenvalue weighted by Gasteiger charge is -2.33. The zero-order valence-corrected chi connectivity index (χ0v) is 9.75. The second-order valence-electron chi connectivity index (χ2n) is 5.62. The molecule has 0 radical (unpaired) electrons. The molecule has 1 heterocycles. The second kappa shape index (κ2) is 3.80. The average Bonchev–Trinajstić information content (AvgIpc) is 2.28. The lowest BCUT2D eigenvalue weighted by atomic mass is 9.87. The van der Waals surface area contributed by atoms with E-state index in [1.54, 1.807) is 0 Å². The van der Waals surface area contributed by atoms with Crippen molar-refractivity contribution in [1.29, 1.82) is 0 Å². The van der Waals surface area contributed by atoms with Crippen LogP contribution < -0.4 is 0 Å². The van der Waals surface area contributed by atoms with Gasteiger partial charge in [-0.1, -0.05) is 13.8 Å². The molecule has 0 aromatic rings. The molecule has 14 heavy (non-hydrogen) atoms. The number of β-amino-alcohol motifs (C(OH)–C–C–N with tert-alkyl or cyclic N) is 1. The molecule has 1 aliphatic heterocycles. The number of aliphatic hydroxyl groups excluding tert-OH is 1. The quantitative estimate of drug-likeness (QED) is 0.711. The monoisotopic (exact) mass is 201 g/mol. The Bertz CT molecular complexity index is 199. The third-order valence-electron chi connectivity index (χ3n) is 3.29. The normalized spacial score (nSPS) is 32.1. The van der Waals surface area contributed by atoms with Crippen LogP contribution in [0.15, 0.2) is 0 Å². The number of nitrogens with zero attached hydrogens (tertiary/aromatic N) is 1. The summed E-state index contributed by atoms with van der Waals surface area (Å²) in [6, 6.07) is 0. The van der Waals surface area contributed by atoms with Gasteiger partial charge in [-0.05, 0) is 20.3 Å². The smallest absolute Gasteiger partial charge is 0.0758 e. The Hall–Kier alpha value is -0.120. The minimum absolute atomic E-state index is 0.0968. The molecule has 0 aromatic heterocycles. The van der Waals surface area contributed by atoms with E-state index < -0.39 is 5.60 Å². The third kappa shape index (κ3) is 2.94. The molecular formula is C11H23NO2. The minimum Gasteiger partial charge on any atom is -0.393 e. The Labute approximate surface area is 86.7 Å². The molecule has 2 N–H and O–H groups in total. The van der Waals surface area contributed by atoms with Crippen LogP contribution in [0.5, 0.6) is 0 Å². The lowest BCUT2D eigenvalue weighted by molar-refractivity contribution is 0.0258. The van der Waals surface area contributed by atoms with Crippen molar-refractivity contribution in [3.63, 3.8) is 0 Å².